The third kappa shape index (κ3) is 3.29. The van der Waals surface area contributed by atoms with Gasteiger partial charge in [-0.3, -0.25) is 4.98 Å². The molecule has 3 heteroatoms. The van der Waals surface area contributed by atoms with Crippen molar-refractivity contribution in [1.82, 2.24) is 4.98 Å². The number of aryl methyl sites for hydroxylation is 1. The Labute approximate surface area is 101 Å². The van der Waals surface area contributed by atoms with Crippen molar-refractivity contribution in [1.29, 1.82) is 0 Å². The lowest BCUT2D eigenvalue weighted by molar-refractivity contribution is 0.191. The molecular weight excluding hydrogens is 212 g/mol. The van der Waals surface area contributed by atoms with E-state index in [1.807, 2.05) is 49.4 Å². The van der Waals surface area contributed by atoms with Crippen molar-refractivity contribution in [3.05, 3.63) is 59.9 Å². The number of nitrogens with one attached hydrogen (secondary N) is 1. The molecule has 1 heterocycles. The Morgan fingerprint density at radius 1 is 1.24 bits per heavy atom. The fourth-order valence-corrected chi connectivity index (χ4v) is 1.66. The van der Waals surface area contributed by atoms with Crippen LogP contribution in [0, 0.1) is 6.92 Å². The molecular formula is C14H16N2O. The summed E-state index contributed by atoms with van der Waals surface area (Å²) in [5.41, 5.74) is 2.86. The summed E-state index contributed by atoms with van der Waals surface area (Å²) < 4.78 is 0. The molecule has 0 radical (unpaired) electrons. The monoisotopic (exact) mass is 228 g/mol. The Hall–Kier alpha value is -1.87. The van der Waals surface area contributed by atoms with Crippen LogP contribution in [0.3, 0.4) is 0 Å². The minimum atomic E-state index is -0.496. The molecule has 0 bridgehead atoms. The van der Waals surface area contributed by atoms with Crippen LogP contribution < -0.4 is 5.32 Å². The molecule has 2 N–H and O–H groups in total. The summed E-state index contributed by atoms with van der Waals surface area (Å²) in [7, 11) is 0. The number of anilines is 1. The lowest BCUT2D eigenvalue weighted by Gasteiger charge is -2.13. The van der Waals surface area contributed by atoms with E-state index in [0.717, 1.165) is 16.9 Å². The molecule has 1 aromatic carbocycles. The Morgan fingerprint density at radius 3 is 2.71 bits per heavy atom. The molecule has 0 fully saturated rings. The van der Waals surface area contributed by atoms with Gasteiger partial charge >= 0.3 is 0 Å². The second kappa shape index (κ2) is 5.46. The largest absolute Gasteiger partial charge is 0.387 e. The molecule has 88 valence electrons. The molecule has 1 unspecified atom stereocenters. The summed E-state index contributed by atoms with van der Waals surface area (Å²) >= 11 is 0. The van der Waals surface area contributed by atoms with Gasteiger partial charge in [-0.05, 0) is 24.6 Å². The van der Waals surface area contributed by atoms with Crippen molar-refractivity contribution in [3.63, 3.8) is 0 Å². The number of hydrogen-bond acceptors (Lipinski definition) is 3. The fourth-order valence-electron chi connectivity index (χ4n) is 1.66. The lowest BCUT2D eigenvalue weighted by atomic mass is 10.1. The van der Waals surface area contributed by atoms with Gasteiger partial charge in [-0.2, -0.15) is 0 Å². The molecule has 0 aliphatic carbocycles. The van der Waals surface area contributed by atoms with Crippen LogP contribution in [-0.4, -0.2) is 16.6 Å². The molecule has 0 saturated carbocycles. The van der Waals surface area contributed by atoms with E-state index in [2.05, 4.69) is 10.3 Å². The van der Waals surface area contributed by atoms with Crippen LogP contribution in [0.25, 0.3) is 0 Å². The van der Waals surface area contributed by atoms with Crippen LogP contribution in [0.5, 0.6) is 0 Å². The highest BCUT2D eigenvalue weighted by atomic mass is 16.3. The van der Waals surface area contributed by atoms with E-state index in [9.17, 15) is 5.11 Å². The normalized spacial score (nSPS) is 12.1. The zero-order valence-electron chi connectivity index (χ0n) is 9.80. The first-order valence-electron chi connectivity index (χ1n) is 5.65. The Kier molecular flexibility index (Phi) is 3.73. The molecule has 2 rings (SSSR count). The molecule has 1 atom stereocenters. The van der Waals surface area contributed by atoms with Gasteiger partial charge in [-0.25, -0.2) is 0 Å². The summed E-state index contributed by atoms with van der Waals surface area (Å²) in [4.78, 5) is 4.12. The van der Waals surface area contributed by atoms with Crippen LogP contribution >= 0.6 is 0 Å². The van der Waals surface area contributed by atoms with E-state index in [0.29, 0.717) is 6.54 Å². The molecule has 0 aliphatic rings. The molecule has 0 spiro atoms. The van der Waals surface area contributed by atoms with Crippen molar-refractivity contribution in [2.45, 2.75) is 13.0 Å². The average Bonchev–Trinajstić information content (AvgIpc) is 2.37. The SMILES string of the molecule is Cc1cc(NCC(O)c2ccccc2)ccn1. The summed E-state index contributed by atoms with van der Waals surface area (Å²) in [5, 5.41) is 13.2. The summed E-state index contributed by atoms with van der Waals surface area (Å²) in [6.07, 6.45) is 1.26. The number of benzene rings is 1. The van der Waals surface area contributed by atoms with Gasteiger partial charge in [0.1, 0.15) is 0 Å². The molecule has 17 heavy (non-hydrogen) atoms. The third-order valence-electron chi connectivity index (χ3n) is 2.58. The van der Waals surface area contributed by atoms with Gasteiger partial charge in [0.15, 0.2) is 0 Å². The van der Waals surface area contributed by atoms with Gasteiger partial charge in [0.25, 0.3) is 0 Å². The molecule has 0 aliphatic heterocycles. The van der Waals surface area contributed by atoms with Crippen LogP contribution in [0.2, 0.25) is 0 Å². The first-order valence-corrected chi connectivity index (χ1v) is 5.65. The minimum Gasteiger partial charge on any atom is -0.387 e. The van der Waals surface area contributed by atoms with Crippen molar-refractivity contribution in [3.8, 4) is 0 Å². The van der Waals surface area contributed by atoms with Gasteiger partial charge in [-0.15, -0.1) is 0 Å². The van der Waals surface area contributed by atoms with Crippen LogP contribution in [0.1, 0.15) is 17.4 Å². The number of rotatable bonds is 4. The number of hydrogen-bond donors (Lipinski definition) is 2. The van der Waals surface area contributed by atoms with E-state index in [4.69, 9.17) is 0 Å². The zero-order valence-corrected chi connectivity index (χ0v) is 9.80. The van der Waals surface area contributed by atoms with Gasteiger partial charge in [-0.1, -0.05) is 30.3 Å². The highest BCUT2D eigenvalue weighted by Gasteiger charge is 2.05. The predicted molar refractivity (Wildman–Crippen MR) is 68.9 cm³/mol. The molecule has 2 aromatic rings. The molecule has 3 nitrogen and oxygen atoms in total. The molecule has 0 amide bonds. The minimum absolute atomic E-state index is 0.494. The maximum Gasteiger partial charge on any atom is 0.0962 e. The summed E-state index contributed by atoms with van der Waals surface area (Å²) in [6, 6.07) is 13.5. The standard InChI is InChI=1S/C14H16N2O/c1-11-9-13(7-8-15-11)16-10-14(17)12-5-3-2-4-6-12/h2-9,14,17H,10H2,1H3,(H,15,16). The topological polar surface area (TPSA) is 45.1 Å². The quantitative estimate of drug-likeness (QED) is 0.845. The maximum atomic E-state index is 9.97. The number of aliphatic hydroxyl groups is 1. The van der Waals surface area contributed by atoms with Crippen LogP contribution in [0.15, 0.2) is 48.7 Å². The smallest absolute Gasteiger partial charge is 0.0962 e. The van der Waals surface area contributed by atoms with Crippen LogP contribution in [0.4, 0.5) is 5.69 Å². The van der Waals surface area contributed by atoms with Gasteiger partial charge in [0.05, 0.1) is 6.10 Å². The second-order valence-corrected chi connectivity index (χ2v) is 3.99. The number of aliphatic hydroxyl groups excluding tert-OH is 1. The second-order valence-electron chi connectivity index (χ2n) is 3.99. The number of pyridine rings is 1. The van der Waals surface area contributed by atoms with E-state index in [1.54, 1.807) is 6.20 Å². The zero-order chi connectivity index (χ0) is 12.1. The summed E-state index contributed by atoms with van der Waals surface area (Å²) in [6.45, 7) is 2.44. The van der Waals surface area contributed by atoms with E-state index < -0.39 is 6.10 Å². The highest BCUT2D eigenvalue weighted by molar-refractivity contribution is 5.43. The maximum absolute atomic E-state index is 9.97. The summed E-state index contributed by atoms with van der Waals surface area (Å²) in [5.74, 6) is 0. The van der Waals surface area contributed by atoms with Gasteiger partial charge < -0.3 is 10.4 Å². The molecule has 1 aromatic heterocycles. The lowest BCUT2D eigenvalue weighted by Crippen LogP contribution is -2.12. The van der Waals surface area contributed by atoms with Crippen molar-refractivity contribution in [2.24, 2.45) is 0 Å². The van der Waals surface area contributed by atoms with E-state index >= 15 is 0 Å². The third-order valence-corrected chi connectivity index (χ3v) is 2.58. The van der Waals surface area contributed by atoms with Crippen molar-refractivity contribution in [2.75, 3.05) is 11.9 Å². The van der Waals surface area contributed by atoms with Crippen molar-refractivity contribution >= 4 is 5.69 Å². The van der Waals surface area contributed by atoms with Gasteiger partial charge in [0, 0.05) is 24.1 Å². The van der Waals surface area contributed by atoms with Crippen LogP contribution in [-0.2, 0) is 0 Å². The fraction of sp³-hybridized carbons (Fsp3) is 0.214. The van der Waals surface area contributed by atoms with Gasteiger partial charge in [0.2, 0.25) is 0 Å². The highest BCUT2D eigenvalue weighted by Crippen LogP contribution is 2.14. The van der Waals surface area contributed by atoms with E-state index in [-0.39, 0.29) is 0 Å². The Bertz CT molecular complexity index is 471. The average molecular weight is 228 g/mol. The number of aromatic nitrogens is 1. The first-order chi connectivity index (χ1) is 8.25. The predicted octanol–water partition coefficient (Wildman–Crippen LogP) is 2.54. The molecule has 0 saturated heterocycles. The Morgan fingerprint density at radius 2 is 2.00 bits per heavy atom. The number of nitrogens with zero attached hydrogens (tertiary/aromatic N) is 1. The Balaban J connectivity index is 1.95. The first kappa shape index (κ1) is 11.6. The van der Waals surface area contributed by atoms with Crippen molar-refractivity contribution < 1.29 is 5.11 Å². The van der Waals surface area contributed by atoms with E-state index in [1.165, 1.54) is 0 Å².